The van der Waals surface area contributed by atoms with E-state index in [1.165, 1.54) is 0 Å². The molecule has 3 aromatic carbocycles. The molecule has 46 heavy (non-hydrogen) atoms. The maximum atomic E-state index is 13.5. The van der Waals surface area contributed by atoms with Crippen molar-refractivity contribution < 1.29 is 38.4 Å². The molecule has 3 rings (SSSR count). The van der Waals surface area contributed by atoms with E-state index in [0.29, 0.717) is 46.0 Å². The van der Waals surface area contributed by atoms with Gasteiger partial charge in [-0.05, 0) is 95.1 Å². The molecule has 246 valence electrons. The fraction of sp³-hybridized carbons (Fsp3) is 0.353. The zero-order valence-corrected chi connectivity index (χ0v) is 26.8. The van der Waals surface area contributed by atoms with Crippen LogP contribution >= 0.6 is 0 Å². The first-order chi connectivity index (χ1) is 22.0. The Labute approximate surface area is 268 Å². The third kappa shape index (κ3) is 10.5. The number of rotatable bonds is 15. The number of nitrogens with one attached hydrogen (secondary N) is 4. The number of amides is 2. The smallest absolute Gasteiger partial charge is 0.412 e. The second-order valence-corrected chi connectivity index (χ2v) is 10.5. The number of ether oxygens (including phenoxy) is 4. The van der Waals surface area contributed by atoms with Crippen molar-refractivity contribution in [2.75, 3.05) is 37.1 Å². The number of benzene rings is 3. The molecular weight excluding hydrogens is 592 g/mol. The van der Waals surface area contributed by atoms with Crippen LogP contribution in [0.5, 0.6) is 11.5 Å². The van der Waals surface area contributed by atoms with Crippen molar-refractivity contribution in [2.24, 2.45) is 0 Å². The third-order valence-electron chi connectivity index (χ3n) is 6.42. The standard InChI is InChI=1S/C34H42N4O8/c1-6-43-30(40)20-45-31-25(17-23(14-15-39)18-29(31)46-21(3)4)19-36-28-13-8-22(5)16-27(28)33(41)37-26-11-9-24(10-12-26)32(35)38-34(42)44-7-2/h8-13,16-18,21,36,39H,6-7,14-15,19-20H2,1-5H3,(H,37,41)(H2,35,38,42). The molecule has 0 fully saturated rings. The summed E-state index contributed by atoms with van der Waals surface area (Å²) in [6.07, 6.45) is -0.517. The van der Waals surface area contributed by atoms with Gasteiger partial charge in [-0.2, -0.15) is 0 Å². The first-order valence-electron chi connectivity index (χ1n) is 15.0. The summed E-state index contributed by atoms with van der Waals surface area (Å²) in [7, 11) is 0. The van der Waals surface area contributed by atoms with Crippen LogP contribution in [0.1, 0.15) is 60.3 Å². The van der Waals surface area contributed by atoms with E-state index in [0.717, 1.165) is 11.1 Å². The summed E-state index contributed by atoms with van der Waals surface area (Å²) in [5.41, 5.74) is 4.22. The second kappa shape index (κ2) is 17.4. The topological polar surface area (TPSA) is 168 Å². The number of hydrogen-bond donors (Lipinski definition) is 5. The van der Waals surface area contributed by atoms with Gasteiger partial charge in [0.25, 0.3) is 5.91 Å². The summed E-state index contributed by atoms with van der Waals surface area (Å²) in [6, 6.07) is 15.6. The van der Waals surface area contributed by atoms with E-state index >= 15 is 0 Å². The maximum Gasteiger partial charge on any atom is 0.412 e. The zero-order valence-electron chi connectivity index (χ0n) is 26.8. The molecule has 5 N–H and O–H groups in total. The van der Waals surface area contributed by atoms with Crippen LogP contribution in [0.2, 0.25) is 0 Å². The van der Waals surface area contributed by atoms with Gasteiger partial charge in [0.2, 0.25) is 0 Å². The molecule has 0 bridgehead atoms. The molecule has 0 aliphatic heterocycles. The fourth-order valence-electron chi connectivity index (χ4n) is 4.42. The minimum absolute atomic E-state index is 0.0661. The van der Waals surface area contributed by atoms with Gasteiger partial charge in [0.05, 0.1) is 24.9 Å². The molecule has 2 amide bonds. The number of anilines is 2. The quantitative estimate of drug-likeness (QED) is 0.0858. The highest BCUT2D eigenvalue weighted by Crippen LogP contribution is 2.35. The van der Waals surface area contributed by atoms with E-state index in [9.17, 15) is 19.5 Å². The lowest BCUT2D eigenvalue weighted by atomic mass is 10.0. The van der Waals surface area contributed by atoms with Crippen LogP contribution < -0.4 is 25.4 Å². The summed E-state index contributed by atoms with van der Waals surface area (Å²) in [5, 5.41) is 26.2. The average Bonchev–Trinajstić information content (AvgIpc) is 3.00. The SMILES string of the molecule is CCOC(=O)COc1c(CNc2ccc(C)cc2C(=O)Nc2ccc(C(=N)NC(=O)OCC)cc2)cc(CCO)cc1OC(C)C. The summed E-state index contributed by atoms with van der Waals surface area (Å²) in [4.78, 5) is 37.2. The summed E-state index contributed by atoms with van der Waals surface area (Å²) >= 11 is 0. The summed E-state index contributed by atoms with van der Waals surface area (Å²) < 4.78 is 21.8. The van der Waals surface area contributed by atoms with Crippen molar-refractivity contribution in [3.63, 3.8) is 0 Å². The van der Waals surface area contributed by atoms with Gasteiger partial charge in [0.1, 0.15) is 5.84 Å². The summed E-state index contributed by atoms with van der Waals surface area (Å²) in [6.45, 7) is 9.26. The fourth-order valence-corrected chi connectivity index (χ4v) is 4.42. The molecule has 0 saturated heterocycles. The Bertz CT molecular complexity index is 1520. The minimum atomic E-state index is -0.717. The Morgan fingerprint density at radius 3 is 2.33 bits per heavy atom. The number of aliphatic hydroxyl groups excluding tert-OH is 1. The molecule has 0 aliphatic carbocycles. The van der Waals surface area contributed by atoms with Crippen LogP contribution in [-0.2, 0) is 27.2 Å². The van der Waals surface area contributed by atoms with E-state index in [2.05, 4.69) is 16.0 Å². The van der Waals surface area contributed by atoms with E-state index < -0.39 is 12.1 Å². The Morgan fingerprint density at radius 1 is 0.957 bits per heavy atom. The monoisotopic (exact) mass is 634 g/mol. The van der Waals surface area contributed by atoms with Crippen molar-refractivity contribution in [3.05, 3.63) is 82.4 Å². The van der Waals surface area contributed by atoms with Gasteiger partial charge in [-0.3, -0.25) is 15.5 Å². The van der Waals surface area contributed by atoms with Gasteiger partial charge in [-0.1, -0.05) is 11.6 Å². The van der Waals surface area contributed by atoms with Crippen molar-refractivity contribution in [1.82, 2.24) is 5.32 Å². The number of hydrogen-bond acceptors (Lipinski definition) is 10. The predicted molar refractivity (Wildman–Crippen MR) is 175 cm³/mol. The first-order valence-corrected chi connectivity index (χ1v) is 15.0. The number of carbonyl (C=O) groups excluding carboxylic acids is 3. The number of esters is 1. The van der Waals surface area contributed by atoms with Crippen LogP contribution in [0.3, 0.4) is 0 Å². The predicted octanol–water partition coefficient (Wildman–Crippen LogP) is 5.19. The van der Waals surface area contributed by atoms with Gasteiger partial charge in [0.15, 0.2) is 18.1 Å². The highest BCUT2D eigenvalue weighted by atomic mass is 16.6. The zero-order chi connectivity index (χ0) is 33.6. The Morgan fingerprint density at radius 2 is 1.67 bits per heavy atom. The van der Waals surface area contributed by atoms with Crippen molar-refractivity contribution in [1.29, 1.82) is 5.41 Å². The average molecular weight is 635 g/mol. The van der Waals surface area contributed by atoms with Gasteiger partial charge in [0, 0.05) is 35.7 Å². The molecule has 12 nitrogen and oxygen atoms in total. The number of aryl methyl sites for hydroxylation is 1. The molecule has 0 atom stereocenters. The van der Waals surface area contributed by atoms with Crippen molar-refractivity contribution in [2.45, 2.75) is 53.7 Å². The lowest BCUT2D eigenvalue weighted by Crippen LogP contribution is -2.31. The summed E-state index contributed by atoms with van der Waals surface area (Å²) in [5.74, 6) is -0.225. The van der Waals surface area contributed by atoms with Gasteiger partial charge in [-0.15, -0.1) is 0 Å². The molecule has 0 radical (unpaired) electrons. The van der Waals surface area contributed by atoms with Crippen LogP contribution in [0.4, 0.5) is 16.2 Å². The molecule has 0 aliphatic rings. The molecule has 0 heterocycles. The minimum Gasteiger partial charge on any atom is -0.487 e. The van der Waals surface area contributed by atoms with Gasteiger partial charge < -0.3 is 34.7 Å². The number of carbonyl (C=O) groups is 3. The highest BCUT2D eigenvalue weighted by Gasteiger charge is 2.19. The molecular formula is C34H42N4O8. The molecule has 12 heteroatoms. The lowest BCUT2D eigenvalue weighted by molar-refractivity contribution is -0.145. The normalized spacial score (nSPS) is 10.6. The van der Waals surface area contributed by atoms with E-state index in [1.54, 1.807) is 56.3 Å². The largest absolute Gasteiger partial charge is 0.487 e. The van der Waals surface area contributed by atoms with Crippen LogP contribution in [0.15, 0.2) is 54.6 Å². The molecule has 0 spiro atoms. The molecule has 0 saturated carbocycles. The third-order valence-corrected chi connectivity index (χ3v) is 6.42. The first kappa shape index (κ1) is 35.4. The number of aliphatic hydroxyl groups is 1. The van der Waals surface area contributed by atoms with Crippen LogP contribution in [0, 0.1) is 12.3 Å². The molecule has 0 unspecified atom stereocenters. The van der Waals surface area contributed by atoms with E-state index in [4.69, 9.17) is 24.4 Å². The lowest BCUT2D eigenvalue weighted by Gasteiger charge is -2.21. The molecule has 0 aromatic heterocycles. The van der Waals surface area contributed by atoms with E-state index in [1.807, 2.05) is 32.9 Å². The van der Waals surface area contributed by atoms with Crippen molar-refractivity contribution >= 4 is 35.2 Å². The number of amidine groups is 1. The Balaban J connectivity index is 1.85. The Hall–Kier alpha value is -5.10. The van der Waals surface area contributed by atoms with Crippen molar-refractivity contribution in [3.8, 4) is 11.5 Å². The highest BCUT2D eigenvalue weighted by molar-refractivity contribution is 6.09. The van der Waals surface area contributed by atoms with Gasteiger partial charge in [-0.25, -0.2) is 9.59 Å². The maximum absolute atomic E-state index is 13.5. The van der Waals surface area contributed by atoms with Gasteiger partial charge >= 0.3 is 12.1 Å². The number of alkyl carbamates (subject to hydrolysis) is 1. The molecule has 3 aromatic rings. The van der Waals surface area contributed by atoms with E-state index in [-0.39, 0.29) is 50.8 Å². The van der Waals surface area contributed by atoms with Crippen LogP contribution in [0.25, 0.3) is 0 Å². The van der Waals surface area contributed by atoms with Crippen LogP contribution in [-0.4, -0.2) is 61.4 Å². The second-order valence-electron chi connectivity index (χ2n) is 10.5. The Kier molecular flexibility index (Phi) is 13.4.